The van der Waals surface area contributed by atoms with Crippen LogP contribution in [0.2, 0.25) is 0 Å². The Kier molecular flexibility index (Phi) is 6.37. The highest BCUT2D eigenvalue weighted by Gasteiger charge is 2.09. The normalized spacial score (nSPS) is 11.2. The van der Waals surface area contributed by atoms with Gasteiger partial charge in [-0.1, -0.05) is 0 Å². The average Bonchev–Trinajstić information content (AvgIpc) is 2.26. The zero-order valence-electron chi connectivity index (χ0n) is 9.16. The Morgan fingerprint density at radius 2 is 2.00 bits per heavy atom. The van der Waals surface area contributed by atoms with Gasteiger partial charge in [-0.3, -0.25) is 14.9 Å². The SMILES string of the molecule is Br.C[C@@H](N)C(=O)OCc1ccc([N+](=O)[O-])cc1. The van der Waals surface area contributed by atoms with Crippen molar-refractivity contribution < 1.29 is 14.5 Å². The number of nitrogens with two attached hydrogens (primary N) is 1. The number of ether oxygens (including phenoxy) is 1. The number of benzene rings is 1. The predicted octanol–water partition coefficient (Wildman–Crippen LogP) is 1.56. The van der Waals surface area contributed by atoms with E-state index >= 15 is 0 Å². The molecule has 0 saturated heterocycles. The molecule has 6 nitrogen and oxygen atoms in total. The minimum atomic E-state index is -0.668. The lowest BCUT2D eigenvalue weighted by atomic mass is 10.2. The van der Waals surface area contributed by atoms with E-state index in [1.807, 2.05) is 0 Å². The van der Waals surface area contributed by atoms with E-state index in [0.29, 0.717) is 5.56 Å². The Balaban J connectivity index is 0.00000256. The molecule has 0 aromatic heterocycles. The fraction of sp³-hybridized carbons (Fsp3) is 0.300. The maximum atomic E-state index is 11.0. The monoisotopic (exact) mass is 304 g/mol. The van der Waals surface area contributed by atoms with Gasteiger partial charge >= 0.3 is 5.97 Å². The van der Waals surface area contributed by atoms with Crippen LogP contribution in [0.3, 0.4) is 0 Å². The summed E-state index contributed by atoms with van der Waals surface area (Å²) in [6, 6.07) is 5.11. The summed E-state index contributed by atoms with van der Waals surface area (Å²) in [5.41, 5.74) is 5.98. The molecule has 0 aliphatic carbocycles. The molecule has 0 aliphatic rings. The molecule has 1 atom stereocenters. The van der Waals surface area contributed by atoms with Gasteiger partial charge in [0.25, 0.3) is 5.69 Å². The summed E-state index contributed by atoms with van der Waals surface area (Å²) < 4.78 is 4.86. The number of carbonyl (C=O) groups is 1. The Labute approximate surface area is 109 Å². The van der Waals surface area contributed by atoms with Crippen LogP contribution in [0.25, 0.3) is 0 Å². The van der Waals surface area contributed by atoms with Crippen molar-refractivity contribution in [2.45, 2.75) is 19.6 Å². The molecule has 1 aromatic rings. The van der Waals surface area contributed by atoms with E-state index < -0.39 is 16.9 Å². The van der Waals surface area contributed by atoms with Crippen molar-refractivity contribution in [1.82, 2.24) is 0 Å². The van der Waals surface area contributed by atoms with Gasteiger partial charge < -0.3 is 10.5 Å². The van der Waals surface area contributed by atoms with Crippen LogP contribution in [0.4, 0.5) is 5.69 Å². The van der Waals surface area contributed by atoms with Crippen molar-refractivity contribution in [2.75, 3.05) is 0 Å². The number of halogens is 1. The molecule has 17 heavy (non-hydrogen) atoms. The van der Waals surface area contributed by atoms with Gasteiger partial charge in [0.1, 0.15) is 12.6 Å². The standard InChI is InChI=1S/C10H12N2O4.BrH/c1-7(11)10(13)16-6-8-2-4-9(5-3-8)12(14)15;/h2-5,7H,6,11H2,1H3;1H/t7-;/m1./s1. The quantitative estimate of drug-likeness (QED) is 0.517. The van der Waals surface area contributed by atoms with Gasteiger partial charge in [-0.05, 0) is 24.6 Å². The Morgan fingerprint density at radius 3 is 2.41 bits per heavy atom. The number of hydrogen-bond donors (Lipinski definition) is 1. The van der Waals surface area contributed by atoms with Gasteiger partial charge in [0, 0.05) is 12.1 Å². The van der Waals surface area contributed by atoms with E-state index in [1.54, 1.807) is 0 Å². The Bertz CT molecular complexity index is 392. The topological polar surface area (TPSA) is 95.5 Å². The van der Waals surface area contributed by atoms with E-state index in [9.17, 15) is 14.9 Å². The molecule has 0 amide bonds. The number of carbonyl (C=O) groups excluding carboxylic acids is 1. The summed E-state index contributed by atoms with van der Waals surface area (Å²) in [5, 5.41) is 10.4. The lowest BCUT2D eigenvalue weighted by Crippen LogP contribution is -2.28. The fourth-order valence-corrected chi connectivity index (χ4v) is 1.000. The Hall–Kier alpha value is -1.47. The van der Waals surface area contributed by atoms with Crippen molar-refractivity contribution in [3.05, 3.63) is 39.9 Å². The number of nitro groups is 1. The van der Waals surface area contributed by atoms with Crippen LogP contribution in [0, 0.1) is 10.1 Å². The highest BCUT2D eigenvalue weighted by Crippen LogP contribution is 2.12. The molecule has 0 spiro atoms. The highest BCUT2D eigenvalue weighted by molar-refractivity contribution is 8.93. The van der Waals surface area contributed by atoms with Crippen molar-refractivity contribution in [3.8, 4) is 0 Å². The van der Waals surface area contributed by atoms with E-state index in [-0.39, 0.29) is 29.3 Å². The minimum absolute atomic E-state index is 0. The van der Waals surface area contributed by atoms with Gasteiger partial charge in [0.2, 0.25) is 0 Å². The molecular formula is C10H13BrN2O4. The molecule has 1 aromatic carbocycles. The second-order valence-electron chi connectivity index (χ2n) is 3.32. The van der Waals surface area contributed by atoms with Crippen LogP contribution in [-0.2, 0) is 16.1 Å². The molecule has 0 aliphatic heterocycles. The number of nitrogens with zero attached hydrogens (tertiary/aromatic N) is 1. The third kappa shape index (κ3) is 4.92. The van der Waals surface area contributed by atoms with Crippen LogP contribution in [0.1, 0.15) is 12.5 Å². The van der Waals surface area contributed by atoms with Crippen LogP contribution in [-0.4, -0.2) is 16.9 Å². The molecule has 0 radical (unpaired) electrons. The smallest absolute Gasteiger partial charge is 0.322 e. The zero-order chi connectivity index (χ0) is 12.1. The summed E-state index contributed by atoms with van der Waals surface area (Å²) in [6.45, 7) is 1.59. The van der Waals surface area contributed by atoms with Crippen LogP contribution >= 0.6 is 17.0 Å². The fourth-order valence-electron chi connectivity index (χ4n) is 1.000. The molecule has 2 N–H and O–H groups in total. The first-order chi connectivity index (χ1) is 7.50. The summed E-state index contributed by atoms with van der Waals surface area (Å²) >= 11 is 0. The molecule has 1 rings (SSSR count). The van der Waals surface area contributed by atoms with Crippen LogP contribution in [0.15, 0.2) is 24.3 Å². The molecule has 0 bridgehead atoms. The molecule has 0 heterocycles. The van der Waals surface area contributed by atoms with Crippen molar-refractivity contribution in [1.29, 1.82) is 0 Å². The second-order valence-corrected chi connectivity index (χ2v) is 3.32. The largest absolute Gasteiger partial charge is 0.460 e. The first-order valence-electron chi connectivity index (χ1n) is 4.66. The van der Waals surface area contributed by atoms with Gasteiger partial charge in [-0.25, -0.2) is 0 Å². The van der Waals surface area contributed by atoms with E-state index in [1.165, 1.54) is 31.2 Å². The highest BCUT2D eigenvalue weighted by atomic mass is 79.9. The van der Waals surface area contributed by atoms with Crippen molar-refractivity contribution in [2.24, 2.45) is 5.73 Å². The summed E-state index contributed by atoms with van der Waals surface area (Å²) in [4.78, 5) is 20.9. The molecule has 7 heteroatoms. The first-order valence-corrected chi connectivity index (χ1v) is 4.66. The van der Waals surface area contributed by atoms with Crippen molar-refractivity contribution in [3.63, 3.8) is 0 Å². The van der Waals surface area contributed by atoms with E-state index in [4.69, 9.17) is 10.5 Å². The number of rotatable bonds is 4. The Morgan fingerprint density at radius 1 is 1.47 bits per heavy atom. The predicted molar refractivity (Wildman–Crippen MR) is 66.9 cm³/mol. The zero-order valence-corrected chi connectivity index (χ0v) is 10.9. The molecular weight excluding hydrogens is 292 g/mol. The number of nitro benzene ring substituents is 1. The third-order valence-electron chi connectivity index (χ3n) is 1.90. The van der Waals surface area contributed by atoms with Crippen molar-refractivity contribution >= 4 is 28.6 Å². The lowest BCUT2D eigenvalue weighted by molar-refractivity contribution is -0.384. The minimum Gasteiger partial charge on any atom is -0.460 e. The number of hydrogen-bond acceptors (Lipinski definition) is 5. The van der Waals surface area contributed by atoms with Gasteiger partial charge in [-0.15, -0.1) is 17.0 Å². The lowest BCUT2D eigenvalue weighted by Gasteiger charge is -2.06. The summed E-state index contributed by atoms with van der Waals surface area (Å²) in [6.07, 6.45) is 0. The molecule has 0 fully saturated rings. The van der Waals surface area contributed by atoms with Gasteiger partial charge in [0.05, 0.1) is 4.92 Å². The second kappa shape index (κ2) is 6.97. The average molecular weight is 305 g/mol. The maximum Gasteiger partial charge on any atom is 0.322 e. The van der Waals surface area contributed by atoms with Gasteiger partial charge in [-0.2, -0.15) is 0 Å². The molecule has 0 saturated carbocycles. The summed E-state index contributed by atoms with van der Waals surface area (Å²) in [5.74, 6) is -0.502. The maximum absolute atomic E-state index is 11.0. The van der Waals surface area contributed by atoms with Crippen LogP contribution in [0.5, 0.6) is 0 Å². The third-order valence-corrected chi connectivity index (χ3v) is 1.90. The van der Waals surface area contributed by atoms with Gasteiger partial charge in [0.15, 0.2) is 0 Å². The molecule has 94 valence electrons. The van der Waals surface area contributed by atoms with E-state index in [0.717, 1.165) is 0 Å². The van der Waals surface area contributed by atoms with Crippen LogP contribution < -0.4 is 5.73 Å². The summed E-state index contributed by atoms with van der Waals surface area (Å²) in [7, 11) is 0. The number of non-ortho nitro benzene ring substituents is 1. The number of esters is 1. The first kappa shape index (κ1) is 15.5. The van der Waals surface area contributed by atoms with E-state index in [2.05, 4.69) is 0 Å². The molecule has 0 unspecified atom stereocenters.